The fourth-order valence-electron chi connectivity index (χ4n) is 3.36. The SMILES string of the molecule is CC(C)(C)c1nn(CN2CCCC2c2ccc3c(c2)OCO3)c(=S)o1. The molecule has 7 heteroatoms. The first-order valence-electron chi connectivity index (χ1n) is 8.64. The van der Waals surface area contributed by atoms with Crippen molar-refractivity contribution >= 4 is 12.2 Å². The molecule has 2 aliphatic heterocycles. The van der Waals surface area contributed by atoms with E-state index in [0.29, 0.717) is 30.2 Å². The quantitative estimate of drug-likeness (QED) is 0.770. The van der Waals surface area contributed by atoms with Gasteiger partial charge in [0.05, 0.1) is 6.67 Å². The van der Waals surface area contributed by atoms with Crippen LogP contribution in [0.2, 0.25) is 0 Å². The third-order valence-corrected chi connectivity index (χ3v) is 5.00. The summed E-state index contributed by atoms with van der Waals surface area (Å²) >= 11 is 5.37. The van der Waals surface area contributed by atoms with Gasteiger partial charge >= 0.3 is 0 Å². The summed E-state index contributed by atoms with van der Waals surface area (Å²) in [7, 11) is 0. The van der Waals surface area contributed by atoms with E-state index in [9.17, 15) is 0 Å². The Morgan fingerprint density at radius 2 is 2.04 bits per heavy atom. The summed E-state index contributed by atoms with van der Waals surface area (Å²) in [5.74, 6) is 2.33. The number of nitrogens with zero attached hydrogens (tertiary/aromatic N) is 3. The van der Waals surface area contributed by atoms with Crippen LogP contribution in [0.25, 0.3) is 0 Å². The van der Waals surface area contributed by atoms with Gasteiger partial charge in [-0.1, -0.05) is 26.8 Å². The molecule has 1 aromatic heterocycles. The molecule has 3 heterocycles. The Balaban J connectivity index is 1.56. The van der Waals surface area contributed by atoms with Gasteiger partial charge < -0.3 is 13.9 Å². The van der Waals surface area contributed by atoms with Crippen molar-refractivity contribution in [1.29, 1.82) is 0 Å². The lowest BCUT2D eigenvalue weighted by Gasteiger charge is -2.24. The van der Waals surface area contributed by atoms with Crippen LogP contribution >= 0.6 is 12.2 Å². The van der Waals surface area contributed by atoms with Crippen molar-refractivity contribution in [3.05, 3.63) is 34.5 Å². The number of hydrogen-bond donors (Lipinski definition) is 0. The van der Waals surface area contributed by atoms with Gasteiger partial charge in [0.15, 0.2) is 11.5 Å². The van der Waals surface area contributed by atoms with Crippen LogP contribution in [0.15, 0.2) is 22.6 Å². The Morgan fingerprint density at radius 3 is 2.80 bits per heavy atom. The predicted octanol–water partition coefficient (Wildman–Crippen LogP) is 4.03. The Morgan fingerprint density at radius 1 is 1.24 bits per heavy atom. The summed E-state index contributed by atoms with van der Waals surface area (Å²) in [5.41, 5.74) is 1.09. The van der Waals surface area contributed by atoms with Crippen molar-refractivity contribution in [2.75, 3.05) is 13.3 Å². The summed E-state index contributed by atoms with van der Waals surface area (Å²) < 4.78 is 18.4. The van der Waals surface area contributed by atoms with Crippen LogP contribution in [0, 0.1) is 4.84 Å². The lowest BCUT2D eigenvalue weighted by atomic mass is 9.97. The van der Waals surface area contributed by atoms with Crippen molar-refractivity contribution in [1.82, 2.24) is 14.7 Å². The molecule has 2 aromatic rings. The van der Waals surface area contributed by atoms with Gasteiger partial charge in [-0.05, 0) is 42.8 Å². The highest BCUT2D eigenvalue weighted by Gasteiger charge is 2.29. The van der Waals surface area contributed by atoms with Crippen molar-refractivity contribution in [2.45, 2.75) is 51.7 Å². The summed E-state index contributed by atoms with van der Waals surface area (Å²) in [6, 6.07) is 6.53. The number of benzene rings is 1. The summed E-state index contributed by atoms with van der Waals surface area (Å²) in [4.78, 5) is 2.82. The first-order valence-corrected chi connectivity index (χ1v) is 9.05. The molecule has 1 unspecified atom stereocenters. The Bertz CT molecular complexity index is 837. The minimum absolute atomic E-state index is 0.152. The molecule has 0 aliphatic carbocycles. The van der Waals surface area contributed by atoms with E-state index < -0.39 is 0 Å². The largest absolute Gasteiger partial charge is 0.454 e. The van der Waals surface area contributed by atoms with Crippen molar-refractivity contribution < 1.29 is 13.9 Å². The van der Waals surface area contributed by atoms with E-state index >= 15 is 0 Å². The molecular weight excluding hydrogens is 338 g/mol. The molecule has 1 fully saturated rings. The van der Waals surface area contributed by atoms with Crippen LogP contribution in [-0.4, -0.2) is 28.0 Å². The van der Waals surface area contributed by atoms with Crippen molar-refractivity contribution in [2.24, 2.45) is 0 Å². The highest BCUT2D eigenvalue weighted by molar-refractivity contribution is 7.71. The third kappa shape index (κ3) is 3.18. The average molecular weight is 361 g/mol. The number of fused-ring (bicyclic) bond motifs is 1. The molecule has 0 radical (unpaired) electrons. The first kappa shape index (κ1) is 16.6. The van der Waals surface area contributed by atoms with E-state index in [2.05, 4.69) is 42.9 Å². The maximum absolute atomic E-state index is 5.69. The Hall–Kier alpha value is -1.86. The third-order valence-electron chi connectivity index (χ3n) is 4.71. The van der Waals surface area contributed by atoms with Gasteiger partial charge in [0.2, 0.25) is 12.7 Å². The average Bonchev–Trinajstić information content (AvgIpc) is 3.26. The van der Waals surface area contributed by atoms with Crippen LogP contribution in [0.3, 0.4) is 0 Å². The second kappa shape index (κ2) is 6.14. The highest BCUT2D eigenvalue weighted by atomic mass is 32.1. The number of rotatable bonds is 3. The normalized spacial score (nSPS) is 20.4. The van der Waals surface area contributed by atoms with Gasteiger partial charge in [-0.2, -0.15) is 0 Å². The lowest BCUT2D eigenvalue weighted by molar-refractivity contribution is 0.173. The smallest absolute Gasteiger partial charge is 0.288 e. The van der Waals surface area contributed by atoms with Crippen LogP contribution in [0.5, 0.6) is 11.5 Å². The van der Waals surface area contributed by atoms with Crippen LogP contribution in [0.1, 0.15) is 51.1 Å². The topological polar surface area (TPSA) is 52.7 Å². The van der Waals surface area contributed by atoms with Gasteiger partial charge in [-0.3, -0.25) is 4.90 Å². The number of ether oxygens (including phenoxy) is 2. The van der Waals surface area contributed by atoms with Gasteiger partial charge in [0.25, 0.3) is 4.84 Å². The highest BCUT2D eigenvalue weighted by Crippen LogP contribution is 2.39. The maximum Gasteiger partial charge on any atom is 0.288 e. The molecule has 1 saturated heterocycles. The van der Waals surface area contributed by atoms with Crippen molar-refractivity contribution in [3.8, 4) is 11.5 Å². The molecule has 0 N–H and O–H groups in total. The second-order valence-electron chi connectivity index (χ2n) is 7.65. The Labute approximate surface area is 152 Å². The molecule has 134 valence electrons. The van der Waals surface area contributed by atoms with Crippen LogP contribution < -0.4 is 9.47 Å². The standard InChI is InChI=1S/C18H23N3O3S/c1-18(2,3)16-19-21(17(25)24-16)10-20-8-4-5-13(20)12-6-7-14-15(9-12)23-11-22-14/h6-7,9,13H,4-5,8,10-11H2,1-3H3. The zero-order valence-corrected chi connectivity index (χ0v) is 15.6. The first-order chi connectivity index (χ1) is 11.9. The van der Waals surface area contributed by atoms with Gasteiger partial charge in [-0.25, -0.2) is 4.68 Å². The van der Waals surface area contributed by atoms with E-state index in [1.54, 1.807) is 4.68 Å². The van der Waals surface area contributed by atoms with E-state index in [1.165, 1.54) is 5.56 Å². The molecule has 2 aliphatic rings. The fraction of sp³-hybridized carbons (Fsp3) is 0.556. The summed E-state index contributed by atoms with van der Waals surface area (Å²) in [6.45, 7) is 8.17. The molecule has 1 aromatic carbocycles. The molecule has 0 spiro atoms. The molecule has 25 heavy (non-hydrogen) atoms. The second-order valence-corrected chi connectivity index (χ2v) is 8.00. The Kier molecular flexibility index (Phi) is 4.08. The van der Waals surface area contributed by atoms with E-state index in [1.807, 2.05) is 6.07 Å². The maximum atomic E-state index is 5.69. The molecule has 0 amide bonds. The molecule has 0 bridgehead atoms. The van der Waals surface area contributed by atoms with E-state index in [4.69, 9.17) is 26.1 Å². The zero-order valence-electron chi connectivity index (χ0n) is 14.8. The number of aromatic nitrogens is 2. The number of likely N-dealkylation sites (tertiary alicyclic amines) is 1. The minimum Gasteiger partial charge on any atom is -0.454 e. The fourth-order valence-corrected chi connectivity index (χ4v) is 3.54. The minimum atomic E-state index is -0.152. The summed E-state index contributed by atoms with van der Waals surface area (Å²) in [5, 5.41) is 4.59. The molecule has 1 atom stereocenters. The zero-order chi connectivity index (χ0) is 17.6. The lowest BCUT2D eigenvalue weighted by Crippen LogP contribution is -2.27. The van der Waals surface area contributed by atoms with Crippen molar-refractivity contribution in [3.63, 3.8) is 0 Å². The van der Waals surface area contributed by atoms with E-state index in [0.717, 1.165) is 30.9 Å². The molecular formula is C18H23N3O3S. The molecule has 0 saturated carbocycles. The number of hydrogen-bond acceptors (Lipinski definition) is 6. The summed E-state index contributed by atoms with van der Waals surface area (Å²) in [6.07, 6.45) is 2.26. The predicted molar refractivity (Wildman–Crippen MR) is 95.3 cm³/mol. The monoisotopic (exact) mass is 361 g/mol. The van der Waals surface area contributed by atoms with Gasteiger partial charge in [-0.15, -0.1) is 5.10 Å². The van der Waals surface area contributed by atoms with Crippen LogP contribution in [0.4, 0.5) is 0 Å². The molecule has 6 nitrogen and oxygen atoms in total. The van der Waals surface area contributed by atoms with Crippen LogP contribution in [-0.2, 0) is 12.1 Å². The van der Waals surface area contributed by atoms with Gasteiger partial charge in [0.1, 0.15) is 0 Å². The molecule has 4 rings (SSSR count). The van der Waals surface area contributed by atoms with E-state index in [-0.39, 0.29) is 5.41 Å². The van der Waals surface area contributed by atoms with Gasteiger partial charge in [0, 0.05) is 18.0 Å².